The molecule has 0 spiro atoms. The lowest BCUT2D eigenvalue weighted by molar-refractivity contribution is -0.146. The highest BCUT2D eigenvalue weighted by Gasteiger charge is 2.34. The predicted octanol–water partition coefficient (Wildman–Crippen LogP) is 3.95. The minimum Gasteiger partial charge on any atom is -0.493 e. The van der Waals surface area contributed by atoms with Crippen LogP contribution >= 0.6 is 15.9 Å². The Labute approximate surface area is 123 Å². The smallest absolute Gasteiger partial charge is 0.310 e. The fourth-order valence-electron chi connectivity index (χ4n) is 1.63. The molecule has 1 N–H and O–H groups in total. The first-order valence-corrected chi connectivity index (χ1v) is 7.24. The Hall–Kier alpha value is -1.03. The average molecular weight is 329 g/mol. The highest BCUT2D eigenvalue weighted by atomic mass is 79.9. The minimum atomic E-state index is -0.805. The number of carbonyl (C=O) groups is 1. The van der Waals surface area contributed by atoms with Gasteiger partial charge in [0.05, 0.1) is 12.0 Å². The molecule has 0 aliphatic carbocycles. The average Bonchev–Trinajstić information content (AvgIpc) is 2.33. The number of carboxylic acid groups (broad SMARTS) is 1. The normalized spacial score (nSPS) is 13.1. The van der Waals surface area contributed by atoms with E-state index >= 15 is 0 Å². The first-order chi connectivity index (χ1) is 8.75. The van der Waals surface area contributed by atoms with Crippen LogP contribution in [-0.2, 0) is 4.79 Å². The lowest BCUT2D eigenvalue weighted by Crippen LogP contribution is -2.34. The van der Waals surface area contributed by atoms with Crippen molar-refractivity contribution in [3.63, 3.8) is 0 Å². The molecule has 0 radical (unpaired) electrons. The molecule has 0 bridgehead atoms. The monoisotopic (exact) mass is 328 g/mol. The maximum Gasteiger partial charge on any atom is 0.310 e. The van der Waals surface area contributed by atoms with Gasteiger partial charge < -0.3 is 9.84 Å². The maximum absolute atomic E-state index is 11.1. The number of hydrogen-bond donors (Lipinski definition) is 1. The molecular weight excluding hydrogens is 308 g/mol. The van der Waals surface area contributed by atoms with Crippen LogP contribution in [-0.4, -0.2) is 22.5 Å². The maximum atomic E-state index is 11.1. The van der Waals surface area contributed by atoms with Crippen molar-refractivity contribution in [2.75, 3.05) is 6.61 Å². The van der Waals surface area contributed by atoms with Crippen molar-refractivity contribution >= 4 is 21.9 Å². The van der Waals surface area contributed by atoms with Crippen molar-refractivity contribution in [1.82, 2.24) is 0 Å². The number of alkyl halides is 1. The van der Waals surface area contributed by atoms with Crippen LogP contribution in [0.1, 0.15) is 31.4 Å². The molecule has 0 fully saturated rings. The van der Waals surface area contributed by atoms with Crippen LogP contribution in [0.4, 0.5) is 0 Å². The third kappa shape index (κ3) is 4.23. The van der Waals surface area contributed by atoms with Crippen molar-refractivity contribution in [3.05, 3.63) is 29.3 Å². The van der Waals surface area contributed by atoms with E-state index in [1.165, 1.54) is 0 Å². The van der Waals surface area contributed by atoms with Gasteiger partial charge in [-0.1, -0.05) is 28.1 Å². The minimum absolute atomic E-state index is 0.123. The molecule has 0 saturated heterocycles. The van der Waals surface area contributed by atoms with Gasteiger partial charge in [-0.3, -0.25) is 4.79 Å². The largest absolute Gasteiger partial charge is 0.493 e. The molecule has 1 aromatic rings. The summed E-state index contributed by atoms with van der Waals surface area (Å²) in [7, 11) is 0. The second-order valence-electron chi connectivity index (χ2n) is 5.40. The fourth-order valence-corrected chi connectivity index (χ4v) is 2.01. The number of ether oxygens (including phenoxy) is 1. The molecule has 106 valence electrons. The molecule has 19 heavy (non-hydrogen) atoms. The summed E-state index contributed by atoms with van der Waals surface area (Å²) in [6.07, 6.45) is 0.646. The van der Waals surface area contributed by atoms with E-state index in [2.05, 4.69) is 15.9 Å². The summed E-state index contributed by atoms with van der Waals surface area (Å²) >= 11 is 3.45. The summed E-state index contributed by atoms with van der Waals surface area (Å²) in [5.41, 5.74) is 1.45. The summed E-state index contributed by atoms with van der Waals surface area (Å²) in [6, 6.07) is 6.07. The topological polar surface area (TPSA) is 46.5 Å². The number of rotatable bonds is 6. The zero-order valence-electron chi connectivity index (χ0n) is 11.9. The predicted molar refractivity (Wildman–Crippen MR) is 80.2 cm³/mol. The summed E-state index contributed by atoms with van der Waals surface area (Å²) in [5.74, 6) is 0.0638. The first kappa shape index (κ1) is 16.0. The van der Waals surface area contributed by atoms with Crippen LogP contribution in [0.5, 0.6) is 5.75 Å². The number of aliphatic carboxylic acids is 1. The number of benzene rings is 1. The van der Waals surface area contributed by atoms with E-state index in [-0.39, 0.29) is 4.83 Å². The van der Waals surface area contributed by atoms with E-state index in [1.54, 1.807) is 13.8 Å². The van der Waals surface area contributed by atoms with E-state index in [0.717, 1.165) is 16.9 Å². The van der Waals surface area contributed by atoms with Gasteiger partial charge in [0, 0.05) is 4.83 Å². The van der Waals surface area contributed by atoms with Gasteiger partial charge in [0.1, 0.15) is 5.75 Å². The summed E-state index contributed by atoms with van der Waals surface area (Å²) < 4.78 is 5.74. The van der Waals surface area contributed by atoms with Gasteiger partial charge in [0.15, 0.2) is 0 Å². The molecule has 4 heteroatoms. The number of aryl methyl sites for hydroxylation is 2. The van der Waals surface area contributed by atoms with Gasteiger partial charge in [-0.2, -0.15) is 0 Å². The lowest BCUT2D eigenvalue weighted by atomic mass is 9.88. The second-order valence-corrected chi connectivity index (χ2v) is 6.51. The molecule has 0 aromatic heterocycles. The molecule has 1 atom stereocenters. The Morgan fingerprint density at radius 3 is 2.63 bits per heavy atom. The standard InChI is InChI=1S/C15H21BrO3/c1-10-5-6-11(2)12(9-10)19-8-7-13(16)15(3,4)14(17)18/h5-6,9,13H,7-8H2,1-4H3,(H,17,18). The van der Waals surface area contributed by atoms with E-state index in [9.17, 15) is 4.79 Å². The Balaban J connectivity index is 2.55. The van der Waals surface area contributed by atoms with Crippen LogP contribution in [0.3, 0.4) is 0 Å². The molecule has 0 saturated carbocycles. The molecule has 1 unspecified atom stereocenters. The van der Waals surface area contributed by atoms with E-state index < -0.39 is 11.4 Å². The van der Waals surface area contributed by atoms with E-state index in [0.29, 0.717) is 13.0 Å². The van der Waals surface area contributed by atoms with Crippen LogP contribution in [0, 0.1) is 19.3 Å². The highest BCUT2D eigenvalue weighted by molar-refractivity contribution is 9.09. The molecule has 0 amide bonds. The zero-order valence-corrected chi connectivity index (χ0v) is 13.5. The van der Waals surface area contributed by atoms with Crippen LogP contribution in [0.2, 0.25) is 0 Å². The number of halogens is 1. The summed E-state index contributed by atoms with van der Waals surface area (Å²) in [6.45, 7) is 7.95. The van der Waals surface area contributed by atoms with Gasteiger partial charge >= 0.3 is 5.97 Å². The van der Waals surface area contributed by atoms with Crippen molar-refractivity contribution in [3.8, 4) is 5.75 Å². The van der Waals surface area contributed by atoms with Crippen molar-refractivity contribution in [1.29, 1.82) is 0 Å². The quantitative estimate of drug-likeness (QED) is 0.804. The molecular formula is C15H21BrO3. The first-order valence-electron chi connectivity index (χ1n) is 6.32. The Morgan fingerprint density at radius 1 is 1.42 bits per heavy atom. The molecule has 0 aliphatic rings. The van der Waals surface area contributed by atoms with Gasteiger partial charge in [0.2, 0.25) is 0 Å². The third-order valence-corrected chi connectivity index (χ3v) is 4.91. The van der Waals surface area contributed by atoms with E-state index in [4.69, 9.17) is 9.84 Å². The molecule has 1 aromatic carbocycles. The lowest BCUT2D eigenvalue weighted by Gasteiger charge is -2.25. The molecule has 0 heterocycles. The number of carboxylic acids is 1. The van der Waals surface area contributed by atoms with Crippen molar-refractivity contribution < 1.29 is 14.6 Å². The van der Waals surface area contributed by atoms with Gasteiger partial charge in [0.25, 0.3) is 0 Å². The second kappa shape index (κ2) is 6.42. The molecule has 0 aliphatic heterocycles. The fraction of sp³-hybridized carbons (Fsp3) is 0.533. The van der Waals surface area contributed by atoms with Crippen LogP contribution in [0.15, 0.2) is 18.2 Å². The molecule has 1 rings (SSSR count). The Morgan fingerprint density at radius 2 is 2.05 bits per heavy atom. The highest BCUT2D eigenvalue weighted by Crippen LogP contribution is 2.30. The van der Waals surface area contributed by atoms with Gasteiger partial charge in [-0.25, -0.2) is 0 Å². The van der Waals surface area contributed by atoms with Crippen LogP contribution < -0.4 is 4.74 Å². The van der Waals surface area contributed by atoms with Gasteiger partial charge in [-0.15, -0.1) is 0 Å². The summed E-state index contributed by atoms with van der Waals surface area (Å²) in [5, 5.41) is 9.14. The van der Waals surface area contributed by atoms with Crippen molar-refractivity contribution in [2.45, 2.75) is 38.9 Å². The van der Waals surface area contributed by atoms with Crippen molar-refractivity contribution in [2.24, 2.45) is 5.41 Å². The molecule has 3 nitrogen and oxygen atoms in total. The summed E-state index contributed by atoms with van der Waals surface area (Å²) in [4.78, 5) is 11.0. The number of hydrogen-bond acceptors (Lipinski definition) is 2. The SMILES string of the molecule is Cc1ccc(C)c(OCCC(Br)C(C)(C)C(=O)O)c1. The van der Waals surface area contributed by atoms with E-state index in [1.807, 2.05) is 32.0 Å². The van der Waals surface area contributed by atoms with Gasteiger partial charge in [-0.05, 0) is 51.3 Å². The Bertz CT molecular complexity index is 455. The van der Waals surface area contributed by atoms with Crippen LogP contribution in [0.25, 0.3) is 0 Å². The Kier molecular flexibility index (Phi) is 5.41. The zero-order chi connectivity index (χ0) is 14.6. The third-order valence-electron chi connectivity index (χ3n) is 3.31.